The first-order valence-corrected chi connectivity index (χ1v) is 11.0. The zero-order valence-corrected chi connectivity index (χ0v) is 16.7. The van der Waals surface area contributed by atoms with Gasteiger partial charge in [0.2, 0.25) is 15.9 Å². The number of hydrogen-bond acceptors (Lipinski definition) is 4. The maximum absolute atomic E-state index is 13.0. The van der Waals surface area contributed by atoms with Crippen molar-refractivity contribution in [1.29, 1.82) is 0 Å². The van der Waals surface area contributed by atoms with Gasteiger partial charge in [-0.25, -0.2) is 13.4 Å². The molecule has 1 unspecified atom stereocenters. The summed E-state index contributed by atoms with van der Waals surface area (Å²) < 4.78 is 27.8. The second-order valence-electron chi connectivity index (χ2n) is 7.13. The quantitative estimate of drug-likeness (QED) is 0.813. The number of amides is 1. The number of aromatic nitrogens is 2. The van der Waals surface area contributed by atoms with Crippen molar-refractivity contribution in [2.75, 3.05) is 19.3 Å². The number of nitrogens with zero attached hydrogens (tertiary/aromatic N) is 3. The van der Waals surface area contributed by atoms with Gasteiger partial charge in [-0.3, -0.25) is 4.79 Å². The maximum Gasteiger partial charge on any atom is 0.244 e. The molecule has 1 atom stereocenters. The highest BCUT2D eigenvalue weighted by molar-refractivity contribution is 7.88. The molecule has 1 aliphatic rings. The zero-order valence-electron chi connectivity index (χ0n) is 15.9. The van der Waals surface area contributed by atoms with Crippen molar-refractivity contribution in [2.45, 2.75) is 38.8 Å². The highest BCUT2D eigenvalue weighted by Crippen LogP contribution is 2.33. The van der Waals surface area contributed by atoms with Crippen LogP contribution < -0.4 is 5.32 Å². The minimum atomic E-state index is -3.53. The largest absolute Gasteiger partial charge is 0.354 e. The highest BCUT2D eigenvalue weighted by Gasteiger charge is 2.41. The van der Waals surface area contributed by atoms with E-state index in [1.165, 1.54) is 4.31 Å². The van der Waals surface area contributed by atoms with E-state index in [9.17, 15) is 13.2 Å². The Labute approximate surface area is 160 Å². The Balaban J connectivity index is 1.85. The van der Waals surface area contributed by atoms with E-state index in [4.69, 9.17) is 0 Å². The van der Waals surface area contributed by atoms with Crippen LogP contribution in [0.3, 0.4) is 0 Å². The van der Waals surface area contributed by atoms with Crippen LogP contribution in [0.4, 0.5) is 0 Å². The van der Waals surface area contributed by atoms with Crippen LogP contribution in [-0.4, -0.2) is 47.5 Å². The Morgan fingerprint density at radius 1 is 1.30 bits per heavy atom. The van der Waals surface area contributed by atoms with Gasteiger partial charge in [-0.2, -0.15) is 4.31 Å². The molecule has 1 amide bonds. The van der Waals surface area contributed by atoms with Gasteiger partial charge in [0.05, 0.1) is 24.0 Å². The predicted molar refractivity (Wildman–Crippen MR) is 104 cm³/mol. The molecule has 2 aromatic rings. The Hall–Kier alpha value is -2.19. The number of rotatable bonds is 6. The predicted octanol–water partition coefficient (Wildman–Crippen LogP) is 1.68. The van der Waals surface area contributed by atoms with E-state index in [-0.39, 0.29) is 18.5 Å². The van der Waals surface area contributed by atoms with Crippen LogP contribution in [0.5, 0.6) is 0 Å². The van der Waals surface area contributed by atoms with Crippen molar-refractivity contribution < 1.29 is 13.2 Å². The summed E-state index contributed by atoms with van der Waals surface area (Å²) in [7, 11) is -3.53. The molecule has 27 heavy (non-hydrogen) atoms. The number of carbonyl (C=O) groups is 1. The molecule has 3 rings (SSSR count). The second kappa shape index (κ2) is 7.82. The average Bonchev–Trinajstić information content (AvgIpc) is 3.05. The first kappa shape index (κ1) is 19.6. The first-order chi connectivity index (χ1) is 12.8. The van der Waals surface area contributed by atoms with E-state index in [1.807, 2.05) is 48.7 Å². The van der Waals surface area contributed by atoms with Crippen LogP contribution in [0.25, 0.3) is 0 Å². The maximum atomic E-state index is 13.0. The van der Waals surface area contributed by atoms with E-state index in [1.54, 1.807) is 6.33 Å². The van der Waals surface area contributed by atoms with Gasteiger partial charge in [-0.15, -0.1) is 0 Å². The van der Waals surface area contributed by atoms with Gasteiger partial charge < -0.3 is 9.88 Å². The molecule has 1 aromatic heterocycles. The van der Waals surface area contributed by atoms with Gasteiger partial charge in [0.15, 0.2) is 0 Å². The molecule has 1 aromatic carbocycles. The van der Waals surface area contributed by atoms with Crippen molar-refractivity contribution in [3.8, 4) is 0 Å². The Kier molecular flexibility index (Phi) is 5.67. The molecule has 1 N–H and O–H groups in total. The normalized spacial score (nSPS) is 17.7. The van der Waals surface area contributed by atoms with Crippen LogP contribution in [0.15, 0.2) is 36.7 Å². The smallest absolute Gasteiger partial charge is 0.244 e. The molecule has 0 saturated heterocycles. The van der Waals surface area contributed by atoms with Crippen molar-refractivity contribution in [2.24, 2.45) is 0 Å². The lowest BCUT2D eigenvalue weighted by Crippen LogP contribution is -2.48. The van der Waals surface area contributed by atoms with Crippen LogP contribution in [0, 0.1) is 0 Å². The third-order valence-electron chi connectivity index (χ3n) is 4.81. The van der Waals surface area contributed by atoms with E-state index in [0.717, 1.165) is 17.5 Å². The summed E-state index contributed by atoms with van der Waals surface area (Å²) in [5.41, 5.74) is 2.60. The molecule has 0 fully saturated rings. The number of benzene rings is 1. The minimum Gasteiger partial charge on any atom is -0.354 e. The van der Waals surface area contributed by atoms with Gasteiger partial charge in [-0.1, -0.05) is 30.3 Å². The zero-order chi connectivity index (χ0) is 19.6. The van der Waals surface area contributed by atoms with Gasteiger partial charge in [0.1, 0.15) is 6.04 Å². The third kappa shape index (κ3) is 4.22. The molecule has 0 radical (unpaired) electrons. The number of hydrogen-bond donors (Lipinski definition) is 1. The average molecular weight is 391 g/mol. The molecule has 0 spiro atoms. The molecule has 0 saturated carbocycles. The van der Waals surface area contributed by atoms with Gasteiger partial charge in [0, 0.05) is 25.6 Å². The van der Waals surface area contributed by atoms with E-state index in [2.05, 4.69) is 10.3 Å². The van der Waals surface area contributed by atoms with E-state index in [0.29, 0.717) is 25.1 Å². The molecule has 8 heteroatoms. The van der Waals surface area contributed by atoms with Crippen molar-refractivity contribution in [1.82, 2.24) is 19.2 Å². The Morgan fingerprint density at radius 3 is 2.63 bits per heavy atom. The molecule has 146 valence electrons. The molecular formula is C19H26N4O3S. The fraction of sp³-hybridized carbons (Fsp3) is 0.474. The summed E-state index contributed by atoms with van der Waals surface area (Å²) in [4.78, 5) is 17.4. The van der Waals surface area contributed by atoms with Gasteiger partial charge in [-0.05, 0) is 25.8 Å². The lowest BCUT2D eigenvalue weighted by molar-refractivity contribution is -0.125. The van der Waals surface area contributed by atoms with Crippen molar-refractivity contribution in [3.63, 3.8) is 0 Å². The number of carbonyl (C=O) groups excluding carboxylic acids is 1. The molecular weight excluding hydrogens is 364 g/mol. The van der Waals surface area contributed by atoms with Crippen LogP contribution in [0.2, 0.25) is 0 Å². The third-order valence-corrected chi connectivity index (χ3v) is 6.06. The number of nitrogens with one attached hydrogen (secondary N) is 1. The van der Waals surface area contributed by atoms with Gasteiger partial charge >= 0.3 is 0 Å². The molecule has 0 aliphatic carbocycles. The monoisotopic (exact) mass is 390 g/mol. The lowest BCUT2D eigenvalue weighted by Gasteiger charge is -2.34. The fourth-order valence-electron chi connectivity index (χ4n) is 3.48. The molecule has 7 nitrogen and oxygen atoms in total. The van der Waals surface area contributed by atoms with Crippen molar-refractivity contribution >= 4 is 15.9 Å². The summed E-state index contributed by atoms with van der Waals surface area (Å²) in [5, 5.41) is 2.91. The fourth-order valence-corrected chi connectivity index (χ4v) is 4.48. The van der Waals surface area contributed by atoms with E-state index >= 15 is 0 Å². The SMILES string of the molecule is CC(C)n1cnc2c1C(C(=O)NCCc1ccccc1)N(S(C)(=O)=O)CC2. The summed E-state index contributed by atoms with van der Waals surface area (Å²) in [6.45, 7) is 4.69. The van der Waals surface area contributed by atoms with Crippen LogP contribution in [0.1, 0.15) is 42.9 Å². The van der Waals surface area contributed by atoms with Crippen LogP contribution >= 0.6 is 0 Å². The second-order valence-corrected chi connectivity index (χ2v) is 9.07. The topological polar surface area (TPSA) is 84.3 Å². The van der Waals surface area contributed by atoms with Gasteiger partial charge in [0.25, 0.3) is 0 Å². The number of sulfonamides is 1. The summed E-state index contributed by atoms with van der Waals surface area (Å²) in [5.74, 6) is -0.306. The standard InChI is InChI=1S/C19H26N4O3S/c1-14(2)22-13-21-16-10-12-23(27(3,25)26)18(17(16)22)19(24)20-11-9-15-7-5-4-6-8-15/h4-8,13-14,18H,9-12H2,1-3H3,(H,20,24). The summed E-state index contributed by atoms with van der Waals surface area (Å²) in [6, 6.07) is 9.06. The molecule has 2 heterocycles. The first-order valence-electron chi connectivity index (χ1n) is 9.13. The van der Waals surface area contributed by atoms with Crippen LogP contribution in [-0.2, 0) is 27.7 Å². The Morgan fingerprint density at radius 2 is 2.00 bits per heavy atom. The summed E-state index contributed by atoms with van der Waals surface area (Å²) >= 11 is 0. The minimum absolute atomic E-state index is 0.0837. The highest BCUT2D eigenvalue weighted by atomic mass is 32.2. The van der Waals surface area contributed by atoms with Crippen molar-refractivity contribution in [3.05, 3.63) is 53.6 Å². The summed E-state index contributed by atoms with van der Waals surface area (Å²) in [6.07, 6.45) is 4.05. The number of imidazole rings is 1. The molecule has 1 aliphatic heterocycles. The lowest BCUT2D eigenvalue weighted by atomic mass is 10.0. The Bertz CT molecular complexity index is 906. The number of fused-ring (bicyclic) bond motifs is 1. The molecule has 0 bridgehead atoms. The van der Waals surface area contributed by atoms with E-state index < -0.39 is 16.1 Å².